The van der Waals surface area contributed by atoms with Gasteiger partial charge in [0.2, 0.25) is 5.91 Å². The smallest absolute Gasteiger partial charge is 0.234 e. The number of thioether (sulfide) groups is 1. The minimum atomic E-state index is -3.43. The Balaban J connectivity index is 1.52. The molecule has 0 spiro atoms. The highest BCUT2D eigenvalue weighted by molar-refractivity contribution is 7.99. The lowest BCUT2D eigenvalue weighted by Gasteiger charge is -2.20. The number of aromatic nitrogens is 2. The van der Waals surface area contributed by atoms with Crippen molar-refractivity contribution in [1.82, 2.24) is 10.2 Å². The van der Waals surface area contributed by atoms with Crippen LogP contribution in [0.15, 0.2) is 46.5 Å². The molecule has 2 aromatic rings. The molecule has 1 heterocycles. The largest absolute Gasteiger partial charge is 0.494 e. The van der Waals surface area contributed by atoms with Crippen LogP contribution in [-0.4, -0.2) is 42.1 Å². The topological polar surface area (TPSA) is 98.2 Å². The Labute approximate surface area is 175 Å². The lowest BCUT2D eigenvalue weighted by Crippen LogP contribution is -2.25. The van der Waals surface area contributed by atoms with E-state index in [-0.39, 0.29) is 21.9 Å². The molecule has 1 aromatic heterocycles. The molecule has 1 aliphatic carbocycles. The van der Waals surface area contributed by atoms with E-state index in [2.05, 4.69) is 15.5 Å². The zero-order valence-corrected chi connectivity index (χ0v) is 18.0. The molecule has 29 heavy (non-hydrogen) atoms. The normalized spacial score (nSPS) is 15.1. The number of ether oxygens (including phenoxy) is 1. The molecule has 3 rings (SSSR count). The third-order valence-corrected chi connectivity index (χ3v) is 7.77. The first kappa shape index (κ1) is 21.6. The highest BCUT2D eigenvalue weighted by Crippen LogP contribution is 2.28. The van der Waals surface area contributed by atoms with E-state index in [0.29, 0.717) is 30.2 Å². The van der Waals surface area contributed by atoms with Gasteiger partial charge in [0.1, 0.15) is 10.8 Å². The van der Waals surface area contributed by atoms with E-state index in [1.807, 2.05) is 6.92 Å². The first-order valence-electron chi connectivity index (χ1n) is 9.72. The zero-order valence-electron chi connectivity index (χ0n) is 16.3. The van der Waals surface area contributed by atoms with E-state index < -0.39 is 9.84 Å². The average Bonchev–Trinajstić information content (AvgIpc) is 2.75. The molecule has 0 atom stereocenters. The van der Waals surface area contributed by atoms with E-state index in [0.717, 1.165) is 25.0 Å². The predicted octanol–water partition coefficient (Wildman–Crippen LogP) is 3.71. The van der Waals surface area contributed by atoms with Gasteiger partial charge in [0.15, 0.2) is 14.9 Å². The summed E-state index contributed by atoms with van der Waals surface area (Å²) in [6, 6.07) is 10.2. The molecule has 7 nitrogen and oxygen atoms in total. The van der Waals surface area contributed by atoms with Crippen molar-refractivity contribution < 1.29 is 17.9 Å². The highest BCUT2D eigenvalue weighted by Gasteiger charge is 2.30. The molecule has 1 saturated carbocycles. The van der Waals surface area contributed by atoms with Crippen LogP contribution < -0.4 is 10.1 Å². The molecule has 1 fully saturated rings. The van der Waals surface area contributed by atoms with Crippen LogP contribution >= 0.6 is 11.8 Å². The van der Waals surface area contributed by atoms with E-state index in [1.165, 1.54) is 17.8 Å². The Kier molecular flexibility index (Phi) is 7.49. The third-order valence-electron chi connectivity index (χ3n) is 4.70. The Morgan fingerprint density at radius 3 is 2.45 bits per heavy atom. The molecule has 9 heteroatoms. The minimum absolute atomic E-state index is 0.0209. The Bertz CT molecular complexity index is 910. The van der Waals surface area contributed by atoms with Crippen molar-refractivity contribution in [2.45, 2.75) is 54.3 Å². The number of nitrogens with one attached hydrogen (secondary N) is 1. The number of sulfone groups is 1. The van der Waals surface area contributed by atoms with E-state index in [1.54, 1.807) is 30.3 Å². The van der Waals surface area contributed by atoms with Gasteiger partial charge in [0.25, 0.3) is 0 Å². The molecule has 0 aliphatic heterocycles. The van der Waals surface area contributed by atoms with Crippen LogP contribution in [-0.2, 0) is 14.6 Å². The fourth-order valence-corrected chi connectivity index (χ4v) is 5.54. The number of rotatable bonds is 8. The van der Waals surface area contributed by atoms with Crippen LogP contribution in [0.25, 0.3) is 0 Å². The van der Waals surface area contributed by atoms with Gasteiger partial charge in [0, 0.05) is 5.69 Å². The summed E-state index contributed by atoms with van der Waals surface area (Å²) in [6.07, 6.45) is 4.34. The monoisotopic (exact) mass is 435 g/mol. The van der Waals surface area contributed by atoms with Crippen LogP contribution in [0.4, 0.5) is 5.69 Å². The van der Waals surface area contributed by atoms with Gasteiger partial charge in [-0.15, -0.1) is 10.2 Å². The van der Waals surface area contributed by atoms with Crippen molar-refractivity contribution in [2.24, 2.45) is 0 Å². The van der Waals surface area contributed by atoms with Crippen molar-refractivity contribution in [2.75, 3.05) is 17.7 Å². The summed E-state index contributed by atoms with van der Waals surface area (Å²) in [6.45, 7) is 2.50. The fourth-order valence-electron chi connectivity index (χ4n) is 3.22. The predicted molar refractivity (Wildman–Crippen MR) is 113 cm³/mol. The van der Waals surface area contributed by atoms with Gasteiger partial charge >= 0.3 is 0 Å². The molecule has 1 amide bonds. The maximum atomic E-state index is 12.7. The van der Waals surface area contributed by atoms with E-state index in [9.17, 15) is 13.2 Å². The average molecular weight is 436 g/mol. The molecule has 0 unspecified atom stereocenters. The maximum Gasteiger partial charge on any atom is 0.234 e. The standard InChI is InChI=1S/C20H25N3O4S2/c1-2-27-16-10-8-15(9-11-16)21-18(24)14-28-19-12-13-20(23-22-19)29(25,26)17-6-4-3-5-7-17/h8-13,17H,2-7,14H2,1H3,(H,21,24). The molecule has 1 aliphatic rings. The number of carbonyl (C=O) groups excluding carboxylic acids is 1. The van der Waals surface area contributed by atoms with Crippen LogP contribution in [0.2, 0.25) is 0 Å². The van der Waals surface area contributed by atoms with Crippen molar-refractivity contribution in [3.63, 3.8) is 0 Å². The second-order valence-corrected chi connectivity index (χ2v) is 9.98. The molecular weight excluding hydrogens is 410 g/mol. The second-order valence-electron chi connectivity index (χ2n) is 6.81. The number of benzene rings is 1. The zero-order chi connectivity index (χ0) is 20.7. The van der Waals surface area contributed by atoms with E-state index >= 15 is 0 Å². The van der Waals surface area contributed by atoms with Gasteiger partial charge in [0.05, 0.1) is 17.6 Å². The number of amides is 1. The summed E-state index contributed by atoms with van der Waals surface area (Å²) in [7, 11) is -3.43. The molecule has 156 valence electrons. The van der Waals surface area contributed by atoms with Gasteiger partial charge in [-0.1, -0.05) is 31.0 Å². The molecule has 0 saturated heterocycles. The summed E-state index contributed by atoms with van der Waals surface area (Å²) >= 11 is 1.21. The van der Waals surface area contributed by atoms with Crippen molar-refractivity contribution in [3.05, 3.63) is 36.4 Å². The summed E-state index contributed by atoms with van der Waals surface area (Å²) in [5.41, 5.74) is 0.680. The lowest BCUT2D eigenvalue weighted by atomic mass is 10.0. The van der Waals surface area contributed by atoms with Crippen LogP contribution in [0, 0.1) is 0 Å². The fraction of sp³-hybridized carbons (Fsp3) is 0.450. The maximum absolute atomic E-state index is 12.7. The van der Waals surface area contributed by atoms with Gasteiger partial charge in [-0.3, -0.25) is 4.79 Å². The third kappa shape index (κ3) is 5.93. The van der Waals surface area contributed by atoms with Gasteiger partial charge in [-0.25, -0.2) is 8.42 Å². The van der Waals surface area contributed by atoms with Gasteiger partial charge in [-0.05, 0) is 56.2 Å². The Hall–Kier alpha value is -2.13. The van der Waals surface area contributed by atoms with E-state index in [4.69, 9.17) is 4.74 Å². The number of nitrogens with zero attached hydrogens (tertiary/aromatic N) is 2. The summed E-state index contributed by atoms with van der Waals surface area (Å²) < 4.78 is 30.7. The van der Waals surface area contributed by atoms with Gasteiger partial charge < -0.3 is 10.1 Å². The highest BCUT2D eigenvalue weighted by atomic mass is 32.2. The van der Waals surface area contributed by atoms with Crippen LogP contribution in [0.3, 0.4) is 0 Å². The lowest BCUT2D eigenvalue weighted by molar-refractivity contribution is -0.113. The quantitative estimate of drug-likeness (QED) is 0.631. The first-order chi connectivity index (χ1) is 14.0. The first-order valence-corrected chi connectivity index (χ1v) is 12.3. The summed E-state index contributed by atoms with van der Waals surface area (Å²) in [5.74, 6) is 0.717. The molecule has 0 bridgehead atoms. The molecule has 0 radical (unpaired) electrons. The Morgan fingerprint density at radius 1 is 1.10 bits per heavy atom. The van der Waals surface area contributed by atoms with Crippen molar-refractivity contribution >= 4 is 33.2 Å². The second kappa shape index (κ2) is 10.1. The summed E-state index contributed by atoms with van der Waals surface area (Å²) in [4.78, 5) is 12.1. The number of carbonyl (C=O) groups is 1. The van der Waals surface area contributed by atoms with Crippen LogP contribution in [0.5, 0.6) is 5.75 Å². The minimum Gasteiger partial charge on any atom is -0.494 e. The number of hydrogen-bond donors (Lipinski definition) is 1. The van der Waals surface area contributed by atoms with Crippen LogP contribution in [0.1, 0.15) is 39.0 Å². The van der Waals surface area contributed by atoms with Crippen molar-refractivity contribution in [1.29, 1.82) is 0 Å². The number of anilines is 1. The molecule has 1 aromatic carbocycles. The SMILES string of the molecule is CCOc1ccc(NC(=O)CSc2ccc(S(=O)(=O)C3CCCCC3)nn2)cc1. The molecular formula is C20H25N3O4S2. The van der Waals surface area contributed by atoms with Crippen molar-refractivity contribution in [3.8, 4) is 5.75 Å². The Morgan fingerprint density at radius 2 is 1.83 bits per heavy atom. The summed E-state index contributed by atoms with van der Waals surface area (Å²) in [5, 5.41) is 10.9. The van der Waals surface area contributed by atoms with Gasteiger partial charge in [-0.2, -0.15) is 0 Å². The number of hydrogen-bond acceptors (Lipinski definition) is 7. The molecule has 1 N–H and O–H groups in total.